The lowest BCUT2D eigenvalue weighted by atomic mass is 9.92. The van der Waals surface area contributed by atoms with E-state index in [1.807, 2.05) is 6.07 Å². The number of hydrogen-bond donors (Lipinski definition) is 4. The zero-order valence-electron chi connectivity index (χ0n) is 19.4. The van der Waals surface area contributed by atoms with Crippen LogP contribution in [0.1, 0.15) is 69.8 Å². The van der Waals surface area contributed by atoms with Gasteiger partial charge in [0.1, 0.15) is 0 Å². The zero-order valence-corrected chi connectivity index (χ0v) is 19.4. The molecular formula is C24H36FN7O. The van der Waals surface area contributed by atoms with Gasteiger partial charge in [0, 0.05) is 24.7 Å². The second-order valence-electron chi connectivity index (χ2n) is 9.22. The highest BCUT2D eigenvalue weighted by Gasteiger charge is 2.20. The van der Waals surface area contributed by atoms with Gasteiger partial charge in [-0.3, -0.25) is 0 Å². The number of anilines is 3. The summed E-state index contributed by atoms with van der Waals surface area (Å²) >= 11 is 0. The highest BCUT2D eigenvalue weighted by Crippen LogP contribution is 2.24. The predicted octanol–water partition coefficient (Wildman–Crippen LogP) is 4.45. The molecule has 0 saturated heterocycles. The van der Waals surface area contributed by atoms with Crippen molar-refractivity contribution >= 4 is 17.8 Å². The lowest BCUT2D eigenvalue weighted by Crippen LogP contribution is -2.33. The number of hydrogen-bond acceptors (Lipinski definition) is 8. The summed E-state index contributed by atoms with van der Waals surface area (Å²) in [6, 6.07) is 5.88. The van der Waals surface area contributed by atoms with Gasteiger partial charge in [-0.1, -0.05) is 31.7 Å². The topological polar surface area (TPSA) is 110 Å². The van der Waals surface area contributed by atoms with E-state index in [2.05, 4.69) is 30.9 Å². The van der Waals surface area contributed by atoms with Crippen molar-refractivity contribution < 1.29 is 9.13 Å². The van der Waals surface area contributed by atoms with Crippen LogP contribution in [-0.2, 0) is 6.54 Å². The number of nitrogens with one attached hydrogen (secondary N) is 3. The largest absolute Gasteiger partial charge is 0.494 e. The van der Waals surface area contributed by atoms with Gasteiger partial charge in [0.15, 0.2) is 11.6 Å². The standard InChI is InChI=1S/C24H36FN7O/c1-33-21-13-8-16(14-20(21)25)15-27-22-30-23(28-18-6-4-2-3-5-7-18)32-24(31-22)29-19-11-9-17(26)10-12-19/h8,13-14,17-19H,2-7,9-12,15,26H2,1H3,(H3,27,28,29,30,31,32). The van der Waals surface area contributed by atoms with Crippen LogP contribution in [0.3, 0.4) is 0 Å². The molecule has 2 aromatic rings. The molecule has 9 heteroatoms. The van der Waals surface area contributed by atoms with Crippen LogP contribution >= 0.6 is 0 Å². The number of methoxy groups -OCH3 is 1. The normalized spacial score (nSPS) is 21.8. The number of aromatic nitrogens is 3. The molecule has 2 fully saturated rings. The molecule has 8 nitrogen and oxygen atoms in total. The Morgan fingerprint density at radius 3 is 2.09 bits per heavy atom. The highest BCUT2D eigenvalue weighted by molar-refractivity contribution is 5.44. The van der Waals surface area contributed by atoms with Gasteiger partial charge in [0.05, 0.1) is 7.11 Å². The van der Waals surface area contributed by atoms with E-state index >= 15 is 0 Å². The third-order valence-electron chi connectivity index (χ3n) is 6.60. The summed E-state index contributed by atoms with van der Waals surface area (Å²) in [6.07, 6.45) is 11.3. The quantitative estimate of drug-likeness (QED) is 0.431. The van der Waals surface area contributed by atoms with Crippen LogP contribution in [0, 0.1) is 5.82 Å². The molecule has 0 atom stereocenters. The number of ether oxygens (including phenoxy) is 1. The fourth-order valence-corrected chi connectivity index (χ4v) is 4.64. The number of rotatable bonds is 8. The van der Waals surface area contributed by atoms with Crippen LogP contribution in [0.25, 0.3) is 0 Å². The van der Waals surface area contributed by atoms with Crippen molar-refractivity contribution in [3.8, 4) is 5.75 Å². The predicted molar refractivity (Wildman–Crippen MR) is 129 cm³/mol. The Hall–Kier alpha value is -2.68. The lowest BCUT2D eigenvalue weighted by molar-refractivity contribution is 0.386. The third kappa shape index (κ3) is 6.90. The van der Waals surface area contributed by atoms with Crippen LogP contribution in [0.15, 0.2) is 18.2 Å². The van der Waals surface area contributed by atoms with Gasteiger partial charge in [0.25, 0.3) is 0 Å². The van der Waals surface area contributed by atoms with Gasteiger partial charge in [-0.15, -0.1) is 0 Å². The molecule has 4 rings (SSSR count). The van der Waals surface area contributed by atoms with E-state index in [0.29, 0.717) is 36.5 Å². The highest BCUT2D eigenvalue weighted by atomic mass is 19.1. The first-order chi connectivity index (χ1) is 16.1. The van der Waals surface area contributed by atoms with Crippen LogP contribution < -0.4 is 26.4 Å². The molecular weight excluding hydrogens is 421 g/mol. The molecule has 5 N–H and O–H groups in total. The molecule has 33 heavy (non-hydrogen) atoms. The molecule has 2 saturated carbocycles. The van der Waals surface area contributed by atoms with E-state index < -0.39 is 0 Å². The fraction of sp³-hybridized carbons (Fsp3) is 0.625. The van der Waals surface area contributed by atoms with E-state index in [-0.39, 0.29) is 17.6 Å². The summed E-state index contributed by atoms with van der Waals surface area (Å²) < 4.78 is 19.1. The van der Waals surface area contributed by atoms with E-state index in [1.165, 1.54) is 38.9 Å². The maximum Gasteiger partial charge on any atom is 0.229 e. The third-order valence-corrected chi connectivity index (χ3v) is 6.60. The van der Waals surface area contributed by atoms with Crippen molar-refractivity contribution in [2.75, 3.05) is 23.1 Å². The SMILES string of the molecule is COc1ccc(CNc2nc(NC3CCCCCC3)nc(NC3CCC(N)CC3)n2)cc1F. The van der Waals surface area contributed by atoms with Gasteiger partial charge in [-0.05, 0) is 56.2 Å². The van der Waals surface area contributed by atoms with Crippen molar-refractivity contribution in [2.45, 2.75) is 88.9 Å². The van der Waals surface area contributed by atoms with Gasteiger partial charge in [0.2, 0.25) is 17.8 Å². The Labute approximate surface area is 195 Å². The fourth-order valence-electron chi connectivity index (χ4n) is 4.64. The summed E-state index contributed by atoms with van der Waals surface area (Å²) in [7, 11) is 1.46. The minimum absolute atomic E-state index is 0.229. The molecule has 0 unspecified atom stereocenters. The Kier molecular flexibility index (Phi) is 8.15. The molecule has 0 amide bonds. The smallest absolute Gasteiger partial charge is 0.229 e. The first kappa shape index (κ1) is 23.5. The molecule has 1 aromatic carbocycles. The molecule has 0 bridgehead atoms. The van der Waals surface area contributed by atoms with Gasteiger partial charge in [-0.2, -0.15) is 15.0 Å². The maximum absolute atomic E-state index is 14.1. The zero-order chi connectivity index (χ0) is 23.0. The minimum atomic E-state index is -0.388. The van der Waals surface area contributed by atoms with E-state index in [1.54, 1.807) is 6.07 Å². The Balaban J connectivity index is 1.47. The Morgan fingerprint density at radius 2 is 1.48 bits per heavy atom. The number of halogens is 1. The van der Waals surface area contributed by atoms with Crippen molar-refractivity contribution in [2.24, 2.45) is 5.73 Å². The minimum Gasteiger partial charge on any atom is -0.494 e. The molecule has 0 radical (unpaired) electrons. The molecule has 0 aliphatic heterocycles. The summed E-state index contributed by atoms with van der Waals surface area (Å²) in [4.78, 5) is 13.9. The lowest BCUT2D eigenvalue weighted by Gasteiger charge is -2.27. The van der Waals surface area contributed by atoms with Crippen LogP contribution in [-0.4, -0.2) is 40.2 Å². The number of nitrogens with zero attached hydrogens (tertiary/aromatic N) is 3. The summed E-state index contributed by atoms with van der Waals surface area (Å²) in [5, 5.41) is 10.2. The monoisotopic (exact) mass is 457 g/mol. The maximum atomic E-state index is 14.1. The van der Waals surface area contributed by atoms with E-state index in [9.17, 15) is 4.39 Å². The van der Waals surface area contributed by atoms with Crippen LogP contribution in [0.4, 0.5) is 22.2 Å². The van der Waals surface area contributed by atoms with Crippen LogP contribution in [0.2, 0.25) is 0 Å². The van der Waals surface area contributed by atoms with Crippen molar-refractivity contribution in [3.05, 3.63) is 29.6 Å². The molecule has 0 spiro atoms. The average molecular weight is 458 g/mol. The van der Waals surface area contributed by atoms with Crippen molar-refractivity contribution in [1.29, 1.82) is 0 Å². The van der Waals surface area contributed by atoms with Gasteiger partial charge >= 0.3 is 0 Å². The van der Waals surface area contributed by atoms with Gasteiger partial charge in [-0.25, -0.2) is 4.39 Å². The van der Waals surface area contributed by atoms with Crippen LogP contribution in [0.5, 0.6) is 5.75 Å². The average Bonchev–Trinajstić information content (AvgIpc) is 3.08. The van der Waals surface area contributed by atoms with E-state index in [0.717, 1.165) is 44.1 Å². The molecule has 1 aromatic heterocycles. The van der Waals surface area contributed by atoms with Crippen molar-refractivity contribution in [3.63, 3.8) is 0 Å². The molecule has 1 heterocycles. The molecule has 2 aliphatic carbocycles. The number of nitrogens with two attached hydrogens (primary N) is 1. The number of benzene rings is 1. The molecule has 2 aliphatic rings. The Bertz CT molecular complexity index is 896. The summed E-state index contributed by atoms with van der Waals surface area (Å²) in [6.45, 7) is 0.394. The summed E-state index contributed by atoms with van der Waals surface area (Å²) in [5.74, 6) is 1.45. The first-order valence-corrected chi connectivity index (χ1v) is 12.2. The second kappa shape index (κ2) is 11.4. The van der Waals surface area contributed by atoms with Gasteiger partial charge < -0.3 is 26.4 Å². The summed E-state index contributed by atoms with van der Waals surface area (Å²) in [5.41, 5.74) is 6.84. The first-order valence-electron chi connectivity index (χ1n) is 12.2. The molecule has 180 valence electrons. The van der Waals surface area contributed by atoms with E-state index in [4.69, 9.17) is 10.5 Å². The Morgan fingerprint density at radius 1 is 0.879 bits per heavy atom. The second-order valence-corrected chi connectivity index (χ2v) is 9.22. The van der Waals surface area contributed by atoms with Crippen molar-refractivity contribution in [1.82, 2.24) is 15.0 Å².